The van der Waals surface area contributed by atoms with Crippen molar-refractivity contribution >= 4 is 11.8 Å². The van der Waals surface area contributed by atoms with Gasteiger partial charge in [0.1, 0.15) is 0 Å². The molecule has 2 amide bonds. The van der Waals surface area contributed by atoms with E-state index in [1.807, 2.05) is 0 Å². The largest absolute Gasteiger partial charge is 0.348 e. The Kier molecular flexibility index (Phi) is 5.20. The Hall–Kier alpha value is -1.98. The summed E-state index contributed by atoms with van der Waals surface area (Å²) < 4.78 is 0. The van der Waals surface area contributed by atoms with Crippen molar-refractivity contribution < 1.29 is 9.59 Å². The molecule has 1 aromatic heterocycles. The highest BCUT2D eigenvalue weighted by molar-refractivity contribution is 6.04. The maximum Gasteiger partial charge on any atom is 0.274 e. The van der Waals surface area contributed by atoms with Gasteiger partial charge >= 0.3 is 0 Å². The lowest BCUT2D eigenvalue weighted by Gasteiger charge is -2.27. The predicted octanol–water partition coefficient (Wildman–Crippen LogP) is 2.17. The molecule has 0 unspecified atom stereocenters. The van der Waals surface area contributed by atoms with Crippen molar-refractivity contribution in [3.8, 4) is 0 Å². The van der Waals surface area contributed by atoms with Gasteiger partial charge in [-0.2, -0.15) is 0 Å². The number of nitrogens with zero attached hydrogens (tertiary/aromatic N) is 3. The van der Waals surface area contributed by atoms with Crippen molar-refractivity contribution in [3.05, 3.63) is 23.8 Å². The lowest BCUT2D eigenvalue weighted by molar-refractivity contribution is 0.0710. The Morgan fingerprint density at radius 3 is 2.22 bits per heavy atom. The molecule has 1 aliphatic carbocycles. The van der Waals surface area contributed by atoms with Gasteiger partial charge in [-0.15, -0.1) is 0 Å². The van der Waals surface area contributed by atoms with Crippen LogP contribution in [0.4, 0.5) is 0 Å². The van der Waals surface area contributed by atoms with Gasteiger partial charge in [0.15, 0.2) is 11.4 Å². The number of carbonyl (C=O) groups excluding carboxylic acids is 2. The van der Waals surface area contributed by atoms with Gasteiger partial charge < -0.3 is 10.2 Å². The second-order valence-corrected chi connectivity index (χ2v) is 6.41. The van der Waals surface area contributed by atoms with E-state index in [9.17, 15) is 9.59 Å². The van der Waals surface area contributed by atoms with Crippen LogP contribution in [0, 0.1) is 0 Å². The molecule has 2 heterocycles. The third-order valence-electron chi connectivity index (χ3n) is 4.70. The van der Waals surface area contributed by atoms with Crippen molar-refractivity contribution in [2.24, 2.45) is 0 Å². The molecule has 3 rings (SSSR count). The molecule has 0 aromatic carbocycles. The molecular weight excluding hydrogens is 292 g/mol. The van der Waals surface area contributed by atoms with Gasteiger partial charge in [0.25, 0.3) is 11.8 Å². The minimum Gasteiger partial charge on any atom is -0.348 e. The van der Waals surface area contributed by atoms with Gasteiger partial charge in [-0.1, -0.05) is 19.3 Å². The molecule has 2 fully saturated rings. The number of hydrogen-bond donors (Lipinski definition) is 1. The number of rotatable bonds is 3. The molecule has 0 radical (unpaired) electrons. The van der Waals surface area contributed by atoms with Crippen LogP contribution >= 0.6 is 0 Å². The van der Waals surface area contributed by atoms with E-state index in [1.54, 1.807) is 4.90 Å². The molecule has 2 aliphatic rings. The molecular formula is C17H24N4O2. The highest BCUT2D eigenvalue weighted by Crippen LogP contribution is 2.18. The summed E-state index contributed by atoms with van der Waals surface area (Å²) in [6.07, 6.45) is 11.6. The Morgan fingerprint density at radius 1 is 0.913 bits per heavy atom. The van der Waals surface area contributed by atoms with E-state index >= 15 is 0 Å². The van der Waals surface area contributed by atoms with Crippen LogP contribution in [-0.2, 0) is 0 Å². The Bertz CT molecular complexity index is 563. The normalized spacial score (nSPS) is 19.4. The first-order valence-corrected chi connectivity index (χ1v) is 8.67. The zero-order valence-corrected chi connectivity index (χ0v) is 13.5. The van der Waals surface area contributed by atoms with Crippen molar-refractivity contribution in [1.29, 1.82) is 0 Å². The summed E-state index contributed by atoms with van der Waals surface area (Å²) in [7, 11) is 0. The van der Waals surface area contributed by atoms with E-state index in [2.05, 4.69) is 15.3 Å². The highest BCUT2D eigenvalue weighted by atomic mass is 16.2. The molecule has 124 valence electrons. The minimum atomic E-state index is -0.273. The van der Waals surface area contributed by atoms with Gasteiger partial charge in [0.2, 0.25) is 0 Å². The number of nitrogens with one attached hydrogen (secondary N) is 1. The van der Waals surface area contributed by atoms with E-state index in [4.69, 9.17) is 0 Å². The fourth-order valence-corrected chi connectivity index (χ4v) is 3.41. The summed E-state index contributed by atoms with van der Waals surface area (Å²) in [6, 6.07) is 0.191. The van der Waals surface area contributed by atoms with E-state index < -0.39 is 0 Å². The van der Waals surface area contributed by atoms with Crippen molar-refractivity contribution in [2.45, 2.75) is 57.4 Å². The van der Waals surface area contributed by atoms with Crippen molar-refractivity contribution in [2.75, 3.05) is 13.1 Å². The van der Waals surface area contributed by atoms with Crippen LogP contribution in [0.1, 0.15) is 72.3 Å². The first-order chi connectivity index (χ1) is 11.3. The summed E-state index contributed by atoms with van der Waals surface area (Å²) in [4.78, 5) is 35.3. The van der Waals surface area contributed by atoms with Crippen LogP contribution in [0.2, 0.25) is 0 Å². The third-order valence-corrected chi connectivity index (χ3v) is 4.70. The van der Waals surface area contributed by atoms with Crippen molar-refractivity contribution in [3.63, 3.8) is 0 Å². The molecule has 1 saturated heterocycles. The first kappa shape index (κ1) is 15.9. The SMILES string of the molecule is O=C(NC1CCCCC1)c1nccnc1C(=O)N1CCCCC1. The van der Waals surface area contributed by atoms with Crippen LogP contribution in [0.5, 0.6) is 0 Å². The average molecular weight is 316 g/mol. The molecule has 6 nitrogen and oxygen atoms in total. The summed E-state index contributed by atoms with van der Waals surface area (Å²) >= 11 is 0. The number of piperidine rings is 1. The van der Waals surface area contributed by atoms with Crippen LogP contribution in [0.25, 0.3) is 0 Å². The molecule has 0 atom stereocenters. The lowest BCUT2D eigenvalue weighted by atomic mass is 9.95. The number of likely N-dealkylation sites (tertiary alicyclic amines) is 1. The van der Waals surface area contributed by atoms with Gasteiger partial charge in [0, 0.05) is 31.5 Å². The predicted molar refractivity (Wildman–Crippen MR) is 86.1 cm³/mol. The number of aromatic nitrogens is 2. The van der Waals surface area contributed by atoms with Crippen LogP contribution in [-0.4, -0.2) is 45.8 Å². The Balaban J connectivity index is 1.73. The van der Waals surface area contributed by atoms with Crippen molar-refractivity contribution in [1.82, 2.24) is 20.2 Å². The Morgan fingerprint density at radius 2 is 1.52 bits per heavy atom. The fraction of sp³-hybridized carbons (Fsp3) is 0.647. The summed E-state index contributed by atoms with van der Waals surface area (Å²) in [6.45, 7) is 1.47. The van der Waals surface area contributed by atoms with E-state index in [-0.39, 0.29) is 29.2 Å². The molecule has 1 N–H and O–H groups in total. The van der Waals surface area contributed by atoms with Crippen LogP contribution in [0.15, 0.2) is 12.4 Å². The Labute approximate surface area is 136 Å². The van der Waals surface area contributed by atoms with Crippen LogP contribution in [0.3, 0.4) is 0 Å². The summed E-state index contributed by atoms with van der Waals surface area (Å²) in [5.74, 6) is -0.447. The highest BCUT2D eigenvalue weighted by Gasteiger charge is 2.27. The molecule has 1 aliphatic heterocycles. The number of amides is 2. The second-order valence-electron chi connectivity index (χ2n) is 6.41. The van der Waals surface area contributed by atoms with Crippen LogP contribution < -0.4 is 5.32 Å². The molecule has 0 spiro atoms. The summed E-state index contributed by atoms with van der Waals surface area (Å²) in [5.41, 5.74) is 0.344. The number of carbonyl (C=O) groups is 2. The first-order valence-electron chi connectivity index (χ1n) is 8.67. The van der Waals surface area contributed by atoms with Gasteiger partial charge in [-0.25, -0.2) is 9.97 Å². The summed E-state index contributed by atoms with van der Waals surface area (Å²) in [5, 5.41) is 3.02. The van der Waals surface area contributed by atoms with E-state index in [0.717, 1.165) is 58.0 Å². The standard InChI is InChI=1S/C17H24N4O2/c22-16(20-13-7-3-1-4-8-13)14-15(19-10-9-18-14)17(23)21-11-5-2-6-12-21/h9-10,13H,1-8,11-12H2,(H,20,22). The minimum absolute atomic E-state index is 0.161. The van der Waals surface area contributed by atoms with E-state index in [1.165, 1.54) is 18.8 Å². The van der Waals surface area contributed by atoms with Gasteiger partial charge in [-0.05, 0) is 32.1 Å². The molecule has 1 saturated carbocycles. The van der Waals surface area contributed by atoms with E-state index in [0.29, 0.717) is 0 Å². The topological polar surface area (TPSA) is 75.2 Å². The monoisotopic (exact) mass is 316 g/mol. The maximum absolute atomic E-state index is 12.7. The second kappa shape index (κ2) is 7.53. The maximum atomic E-state index is 12.7. The molecule has 0 bridgehead atoms. The lowest BCUT2D eigenvalue weighted by Crippen LogP contribution is -2.40. The molecule has 6 heteroatoms. The third kappa shape index (κ3) is 3.86. The molecule has 23 heavy (non-hydrogen) atoms. The zero-order valence-electron chi connectivity index (χ0n) is 13.5. The number of hydrogen-bond acceptors (Lipinski definition) is 4. The average Bonchev–Trinajstić information content (AvgIpc) is 2.62. The van der Waals surface area contributed by atoms with Gasteiger partial charge in [-0.3, -0.25) is 9.59 Å². The zero-order chi connectivity index (χ0) is 16.1. The van der Waals surface area contributed by atoms with Gasteiger partial charge in [0.05, 0.1) is 0 Å². The quantitative estimate of drug-likeness (QED) is 0.927. The smallest absolute Gasteiger partial charge is 0.274 e. The molecule has 1 aromatic rings. The fourth-order valence-electron chi connectivity index (χ4n) is 3.41.